The molecule has 0 aliphatic carbocycles. The normalized spacial score (nSPS) is 25.2. The lowest BCUT2D eigenvalue weighted by molar-refractivity contribution is -0.138. The molecule has 30 heavy (non-hydrogen) atoms. The second kappa shape index (κ2) is 12.2. The number of amides is 1. The third-order valence-electron chi connectivity index (χ3n) is 5.77. The van der Waals surface area contributed by atoms with Crippen LogP contribution in [-0.2, 0) is 9.53 Å². The molecule has 0 aromatic rings. The molecule has 2 aliphatic rings. The highest BCUT2D eigenvalue weighted by Crippen LogP contribution is 2.21. The van der Waals surface area contributed by atoms with Gasteiger partial charge in [-0.2, -0.15) is 0 Å². The van der Waals surface area contributed by atoms with Crippen molar-refractivity contribution in [2.75, 3.05) is 32.8 Å². The van der Waals surface area contributed by atoms with E-state index in [0.717, 1.165) is 19.4 Å². The number of hydrogen-bond acceptors (Lipinski definition) is 5. The zero-order valence-electron chi connectivity index (χ0n) is 18.6. The van der Waals surface area contributed by atoms with Gasteiger partial charge < -0.3 is 20.5 Å². The van der Waals surface area contributed by atoms with E-state index in [1.807, 2.05) is 0 Å². The molecule has 2 heterocycles. The zero-order chi connectivity index (χ0) is 22.1. The maximum Gasteiger partial charge on any atom is 0.249 e. The van der Waals surface area contributed by atoms with Crippen LogP contribution in [0.3, 0.4) is 0 Å². The van der Waals surface area contributed by atoms with Gasteiger partial charge in [-0.25, -0.2) is 4.39 Å². The molecule has 2 aliphatic heterocycles. The largest absolute Gasteiger partial charge is 0.395 e. The van der Waals surface area contributed by atoms with Crippen molar-refractivity contribution in [3.63, 3.8) is 0 Å². The molecule has 7 heteroatoms. The van der Waals surface area contributed by atoms with Crippen molar-refractivity contribution in [1.29, 1.82) is 0 Å². The highest BCUT2D eigenvalue weighted by Gasteiger charge is 2.30. The number of allylic oxidation sites excluding steroid dienone is 3. The second-order valence-corrected chi connectivity index (χ2v) is 8.47. The molecule has 1 amide bonds. The predicted octanol–water partition coefficient (Wildman–Crippen LogP) is 2.46. The molecule has 1 fully saturated rings. The quantitative estimate of drug-likeness (QED) is 0.445. The van der Waals surface area contributed by atoms with Gasteiger partial charge in [0.15, 0.2) is 0 Å². The number of rotatable bonds is 11. The van der Waals surface area contributed by atoms with Gasteiger partial charge in [-0.3, -0.25) is 9.69 Å². The third-order valence-corrected chi connectivity index (χ3v) is 5.77. The lowest BCUT2D eigenvalue weighted by Crippen LogP contribution is -2.48. The maximum absolute atomic E-state index is 13.0. The first kappa shape index (κ1) is 24.6. The monoisotopic (exact) mass is 423 g/mol. The number of nitrogens with one attached hydrogen (secondary N) is 2. The number of ether oxygens (including phenoxy) is 1. The molecule has 0 aromatic heterocycles. The number of dihydropyridines is 1. The van der Waals surface area contributed by atoms with Gasteiger partial charge >= 0.3 is 0 Å². The van der Waals surface area contributed by atoms with E-state index in [0.29, 0.717) is 31.2 Å². The molecule has 0 radical (unpaired) electrons. The fourth-order valence-corrected chi connectivity index (χ4v) is 4.06. The van der Waals surface area contributed by atoms with Gasteiger partial charge in [0.05, 0.1) is 13.2 Å². The minimum atomic E-state index is -0.957. The van der Waals surface area contributed by atoms with Crippen molar-refractivity contribution < 1.29 is 19.0 Å². The number of alkyl halides is 1. The number of carbonyl (C=O) groups is 1. The van der Waals surface area contributed by atoms with Gasteiger partial charge in [-0.15, -0.1) is 0 Å². The van der Waals surface area contributed by atoms with Crippen LogP contribution in [0.5, 0.6) is 0 Å². The standard InChI is InChI=1S/C23H38FN3O3/c1-16(13-17(2)24)14-25-23(29)22-8-7-21(15-30-22)27(11-12-28)10-9-20-6-5-18(3)26-19(20)4/h5-6,17,19,21-22,26,28H,1,7-15H2,2-4H3,(H,25,29)/t17?,19?,21?,22-/m1/s1. The summed E-state index contributed by atoms with van der Waals surface area (Å²) in [7, 11) is 0. The lowest BCUT2D eigenvalue weighted by atomic mass is 9.99. The Kier molecular flexibility index (Phi) is 10.0. The molecule has 3 N–H and O–H groups in total. The smallest absolute Gasteiger partial charge is 0.249 e. The van der Waals surface area contributed by atoms with Crippen LogP contribution in [0.25, 0.3) is 0 Å². The number of hydrogen-bond donors (Lipinski definition) is 3. The van der Waals surface area contributed by atoms with Crippen LogP contribution in [0.15, 0.2) is 35.6 Å². The molecule has 0 saturated carbocycles. The molecular weight excluding hydrogens is 385 g/mol. The highest BCUT2D eigenvalue weighted by molar-refractivity contribution is 5.81. The Balaban J connectivity index is 1.79. The Hall–Kier alpha value is -1.70. The molecule has 1 saturated heterocycles. The van der Waals surface area contributed by atoms with Gasteiger partial charge in [-0.1, -0.05) is 18.2 Å². The Morgan fingerprint density at radius 1 is 1.43 bits per heavy atom. The zero-order valence-corrected chi connectivity index (χ0v) is 18.6. The maximum atomic E-state index is 13.0. The first-order valence-corrected chi connectivity index (χ1v) is 11.0. The summed E-state index contributed by atoms with van der Waals surface area (Å²) >= 11 is 0. The van der Waals surface area contributed by atoms with Gasteiger partial charge in [0.1, 0.15) is 12.3 Å². The summed E-state index contributed by atoms with van der Waals surface area (Å²) in [6, 6.07) is 0.505. The van der Waals surface area contributed by atoms with Crippen LogP contribution in [0.1, 0.15) is 46.5 Å². The third kappa shape index (κ3) is 7.85. The number of carbonyl (C=O) groups excluding carboxylic acids is 1. The van der Waals surface area contributed by atoms with Gasteiger partial charge in [0.25, 0.3) is 0 Å². The van der Waals surface area contributed by atoms with Crippen LogP contribution in [0, 0.1) is 0 Å². The van der Waals surface area contributed by atoms with Crippen molar-refractivity contribution in [3.05, 3.63) is 35.6 Å². The molecule has 0 spiro atoms. The Morgan fingerprint density at radius 2 is 2.20 bits per heavy atom. The van der Waals surface area contributed by atoms with Crippen LogP contribution >= 0.6 is 0 Å². The number of aliphatic hydroxyl groups excluding tert-OH is 1. The van der Waals surface area contributed by atoms with Crippen LogP contribution in [-0.4, -0.2) is 73.1 Å². The SMILES string of the molecule is C=C(CNC(=O)[C@H]1CCC(N(CCO)CCC2=CC=C(C)NC2C)CO1)CC(C)F. The topological polar surface area (TPSA) is 73.8 Å². The van der Waals surface area contributed by atoms with E-state index in [1.165, 1.54) is 18.2 Å². The Bertz CT molecular complexity index is 640. The summed E-state index contributed by atoms with van der Waals surface area (Å²) in [5.74, 6) is -0.163. The first-order valence-electron chi connectivity index (χ1n) is 11.0. The van der Waals surface area contributed by atoms with Crippen molar-refractivity contribution in [2.45, 2.75) is 70.8 Å². The molecule has 3 unspecified atom stereocenters. The summed E-state index contributed by atoms with van der Waals surface area (Å²) in [5, 5.41) is 15.7. The van der Waals surface area contributed by atoms with Crippen LogP contribution in [0.4, 0.5) is 4.39 Å². The van der Waals surface area contributed by atoms with E-state index in [1.54, 1.807) is 0 Å². The van der Waals surface area contributed by atoms with E-state index < -0.39 is 12.3 Å². The fraction of sp³-hybridized carbons (Fsp3) is 0.696. The number of halogens is 1. The van der Waals surface area contributed by atoms with E-state index in [4.69, 9.17) is 4.74 Å². The molecule has 0 bridgehead atoms. The molecule has 4 atom stereocenters. The Labute approximate surface area is 180 Å². The summed E-state index contributed by atoms with van der Waals surface area (Å²) in [5.41, 5.74) is 3.19. The molecule has 0 aromatic carbocycles. The average Bonchev–Trinajstić information content (AvgIpc) is 2.70. The van der Waals surface area contributed by atoms with Gasteiger partial charge in [0, 0.05) is 43.8 Å². The van der Waals surface area contributed by atoms with E-state index in [-0.39, 0.29) is 31.5 Å². The average molecular weight is 424 g/mol. The van der Waals surface area contributed by atoms with Crippen molar-refractivity contribution in [2.24, 2.45) is 0 Å². The number of aliphatic hydroxyl groups is 1. The first-order chi connectivity index (χ1) is 14.3. The highest BCUT2D eigenvalue weighted by atomic mass is 19.1. The van der Waals surface area contributed by atoms with E-state index in [2.05, 4.69) is 48.1 Å². The van der Waals surface area contributed by atoms with E-state index in [9.17, 15) is 14.3 Å². The second-order valence-electron chi connectivity index (χ2n) is 8.47. The lowest BCUT2D eigenvalue weighted by Gasteiger charge is -2.37. The summed E-state index contributed by atoms with van der Waals surface area (Å²) in [6.07, 6.45) is 5.49. The van der Waals surface area contributed by atoms with Crippen molar-refractivity contribution in [1.82, 2.24) is 15.5 Å². The molecule has 6 nitrogen and oxygen atoms in total. The minimum absolute atomic E-state index is 0.0986. The molecule has 2 rings (SSSR count). The summed E-state index contributed by atoms with van der Waals surface area (Å²) in [6.45, 7) is 11.8. The summed E-state index contributed by atoms with van der Waals surface area (Å²) in [4.78, 5) is 14.6. The molecule has 170 valence electrons. The minimum Gasteiger partial charge on any atom is -0.395 e. The van der Waals surface area contributed by atoms with Gasteiger partial charge in [0.2, 0.25) is 5.91 Å². The van der Waals surface area contributed by atoms with Gasteiger partial charge in [-0.05, 0) is 51.7 Å². The molecular formula is C23H38FN3O3. The number of nitrogens with zero attached hydrogens (tertiary/aromatic N) is 1. The predicted molar refractivity (Wildman–Crippen MR) is 118 cm³/mol. The summed E-state index contributed by atoms with van der Waals surface area (Å²) < 4.78 is 18.8. The van der Waals surface area contributed by atoms with Crippen LogP contribution < -0.4 is 10.6 Å². The Morgan fingerprint density at radius 3 is 2.80 bits per heavy atom. The van der Waals surface area contributed by atoms with Crippen molar-refractivity contribution in [3.8, 4) is 0 Å². The van der Waals surface area contributed by atoms with Crippen molar-refractivity contribution >= 4 is 5.91 Å². The fourth-order valence-electron chi connectivity index (χ4n) is 4.06. The van der Waals surface area contributed by atoms with Crippen LogP contribution in [0.2, 0.25) is 0 Å². The van der Waals surface area contributed by atoms with E-state index >= 15 is 0 Å².